The average molecular weight is 1390 g/mol. The van der Waals surface area contributed by atoms with Crippen LogP contribution in [0, 0.1) is 18.4 Å². The van der Waals surface area contributed by atoms with Crippen LogP contribution in [0.25, 0.3) is 86.0 Å². The maximum atomic E-state index is 11.8. The number of aromatic nitrogens is 2. The molecule has 0 spiro atoms. The van der Waals surface area contributed by atoms with Crippen molar-refractivity contribution in [2.75, 3.05) is 31.3 Å². The largest absolute Gasteiger partial charge is 0.493 e. The third-order valence-electron chi connectivity index (χ3n) is 19.8. The molecule has 11 rings (SSSR count). The second-order valence-electron chi connectivity index (χ2n) is 26.8. The number of carboxylic acid groups (broad SMARTS) is 1. The Kier molecular flexibility index (Phi) is 25.6. The van der Waals surface area contributed by atoms with Gasteiger partial charge in [0, 0.05) is 76.4 Å². The van der Waals surface area contributed by atoms with Gasteiger partial charge < -0.3 is 29.0 Å². The summed E-state index contributed by atoms with van der Waals surface area (Å²) in [6.45, 7) is 28.2. The highest BCUT2D eigenvalue weighted by Gasteiger charge is 2.48. The van der Waals surface area contributed by atoms with Gasteiger partial charge in [0.1, 0.15) is 34.0 Å². The number of fused-ring (bicyclic) bond motifs is 4. The number of benzene rings is 7. The second-order valence-corrected chi connectivity index (χ2v) is 29.5. The number of rotatable bonds is 38. The Morgan fingerprint density at radius 2 is 0.890 bits per heavy atom. The summed E-state index contributed by atoms with van der Waals surface area (Å²) in [7, 11) is 0. The highest BCUT2D eigenvalue weighted by atomic mass is 32.1. The molecule has 1 N–H and O–H groups in total. The number of hydrogen-bond donors (Lipinski definition) is 1. The number of ether oxygens (including phenoxy) is 4. The minimum absolute atomic E-state index is 0.172. The van der Waals surface area contributed by atoms with Crippen molar-refractivity contribution in [1.29, 1.82) is 0 Å². The van der Waals surface area contributed by atoms with Crippen molar-refractivity contribution in [3.05, 3.63) is 192 Å². The van der Waals surface area contributed by atoms with Gasteiger partial charge >= 0.3 is 5.97 Å². The monoisotopic (exact) mass is 1390 g/mol. The van der Waals surface area contributed by atoms with Gasteiger partial charge in [0.15, 0.2) is 0 Å². The summed E-state index contributed by atoms with van der Waals surface area (Å²) in [5.41, 5.74) is 16.5. The lowest BCUT2D eigenvalue weighted by Crippen LogP contribution is -2.31. The van der Waals surface area contributed by atoms with Crippen LogP contribution >= 0.6 is 34.4 Å². The molecule has 0 saturated heterocycles. The van der Waals surface area contributed by atoms with Crippen LogP contribution in [0.15, 0.2) is 163 Å². The van der Waals surface area contributed by atoms with Gasteiger partial charge in [-0.2, -0.15) is 8.75 Å². The Bertz CT molecular complexity index is 4260. The number of anilines is 3. The Balaban J connectivity index is 0.967. The standard InChI is InChI=1S/C87H98N4O6S3/c1-10-18-24-59(16-7)57-87(58-60(17-8)25-19-11-2)75-55-80(65-28-26-61(27-29-65)52-77(88-9)86(92)93)98-84(75)85-76(87)56-81(99-85)74-47-46-73(82-83(74)90-100-89-82)64-34-40-68(41-35-64)91(66-36-30-62(31-37-66)71-44-42-69(94-48-20-12-3)53-78(71)96-50-22-14-5)67-38-32-63(33-39-67)72-45-43-70(95-49-21-13-4)54-79(72)97-51-23-15-6/h26-47,52-56,59-60H,10-25,48-51,57-58H2,1-8H3,(H,92,93)/b77-52-. The van der Waals surface area contributed by atoms with Crippen LogP contribution in [0.2, 0.25) is 0 Å². The van der Waals surface area contributed by atoms with Crippen molar-refractivity contribution < 1.29 is 28.8 Å². The van der Waals surface area contributed by atoms with E-state index < -0.39 is 5.97 Å². The molecule has 0 bridgehead atoms. The molecule has 3 aromatic heterocycles. The quantitative estimate of drug-likeness (QED) is 0.0230. The van der Waals surface area contributed by atoms with E-state index in [-0.39, 0.29) is 11.1 Å². The van der Waals surface area contributed by atoms with Crippen LogP contribution in [0.4, 0.5) is 17.1 Å². The second kappa shape index (κ2) is 35.2. The summed E-state index contributed by atoms with van der Waals surface area (Å²) < 4.78 is 35.6. The molecular weight excluding hydrogens is 1290 g/mol. The minimum Gasteiger partial charge on any atom is -0.493 e. The van der Waals surface area contributed by atoms with Crippen LogP contribution in [0.5, 0.6) is 23.0 Å². The first-order chi connectivity index (χ1) is 49.0. The maximum absolute atomic E-state index is 11.8. The Hall–Kier alpha value is -8.54. The van der Waals surface area contributed by atoms with E-state index in [1.165, 1.54) is 87.0 Å². The van der Waals surface area contributed by atoms with Crippen LogP contribution in [-0.4, -0.2) is 46.3 Å². The van der Waals surface area contributed by atoms with Gasteiger partial charge in [-0.3, -0.25) is 4.79 Å². The smallest absolute Gasteiger partial charge is 0.333 e. The van der Waals surface area contributed by atoms with Crippen molar-refractivity contribution >= 4 is 74.5 Å². The lowest BCUT2D eigenvalue weighted by Gasteiger charge is -2.37. The summed E-state index contributed by atoms with van der Waals surface area (Å²) in [4.78, 5) is 22.5. The van der Waals surface area contributed by atoms with E-state index in [1.54, 1.807) is 0 Å². The number of carbonyl (C=O) groups is 1. The zero-order valence-electron chi connectivity index (χ0n) is 59.8. The predicted molar refractivity (Wildman–Crippen MR) is 421 cm³/mol. The molecule has 1 aliphatic rings. The van der Waals surface area contributed by atoms with Crippen molar-refractivity contribution in [2.24, 2.45) is 11.8 Å². The molecule has 2 atom stereocenters. The molecule has 0 fully saturated rings. The zero-order valence-corrected chi connectivity index (χ0v) is 62.3. The van der Waals surface area contributed by atoms with Gasteiger partial charge in [-0.05, 0) is 168 Å². The van der Waals surface area contributed by atoms with Gasteiger partial charge in [0.2, 0.25) is 0 Å². The fraction of sp³-hybridized carbons (Fsp3) is 0.379. The van der Waals surface area contributed by atoms with E-state index in [0.717, 1.165) is 173 Å². The molecule has 3 heterocycles. The molecule has 10 nitrogen and oxygen atoms in total. The van der Waals surface area contributed by atoms with Crippen molar-refractivity contribution in [3.63, 3.8) is 0 Å². The first-order valence-electron chi connectivity index (χ1n) is 36.9. The summed E-state index contributed by atoms with van der Waals surface area (Å²) in [6.07, 6.45) is 21.3. The number of carboxylic acids is 1. The SMILES string of the molecule is [C-]#[N+]/C(=C\c1ccc(-c2cc3c(s2)-c2sc(-c4ccc(-c5ccc(N(c6ccc(-c7ccc(OCCCC)cc7OCCCC)cc6)c6ccc(-c7ccc(OCCCC)cc7OCCCC)cc6)cc5)c5nsnc45)cc2C3(CC(CC)CCCC)CC(CC)CCCC)cc1)C(=O)O. The average Bonchev–Trinajstić information content (AvgIpc) is 1.54. The molecule has 520 valence electrons. The summed E-state index contributed by atoms with van der Waals surface area (Å²) in [5, 5.41) is 9.62. The molecular formula is C87H98N4O6S3. The third-order valence-corrected chi connectivity index (χ3v) is 22.9. The lowest BCUT2D eigenvalue weighted by atomic mass is 9.65. The Morgan fingerprint density at radius 3 is 1.33 bits per heavy atom. The van der Waals surface area contributed by atoms with Gasteiger partial charge in [-0.1, -0.05) is 205 Å². The van der Waals surface area contributed by atoms with Gasteiger partial charge in [-0.25, -0.2) is 4.85 Å². The molecule has 13 heteroatoms. The van der Waals surface area contributed by atoms with Crippen molar-refractivity contribution in [1.82, 2.24) is 8.75 Å². The van der Waals surface area contributed by atoms with Gasteiger partial charge in [0.25, 0.3) is 5.70 Å². The molecule has 1 aliphatic carbocycles. The fourth-order valence-electron chi connectivity index (χ4n) is 14.0. The van der Waals surface area contributed by atoms with Crippen molar-refractivity contribution in [3.8, 4) is 87.0 Å². The summed E-state index contributed by atoms with van der Waals surface area (Å²) >= 11 is 5.08. The third kappa shape index (κ3) is 16.7. The normalized spacial score (nSPS) is 14.0. The van der Waals surface area contributed by atoms with Gasteiger partial charge in [0.05, 0.1) is 44.7 Å². The van der Waals surface area contributed by atoms with Crippen LogP contribution < -0.4 is 23.8 Å². The van der Waals surface area contributed by atoms with Gasteiger partial charge in [-0.15, -0.1) is 22.7 Å². The molecule has 10 aromatic rings. The molecule has 0 radical (unpaired) electrons. The molecule has 0 saturated carbocycles. The van der Waals surface area contributed by atoms with E-state index in [0.29, 0.717) is 43.8 Å². The Labute approximate surface area is 606 Å². The predicted octanol–water partition coefficient (Wildman–Crippen LogP) is 26.2. The number of hydrogen-bond acceptors (Lipinski definition) is 11. The molecule has 100 heavy (non-hydrogen) atoms. The molecule has 2 unspecified atom stereocenters. The topological polar surface area (TPSA) is 108 Å². The number of unbranched alkanes of at least 4 members (excludes halogenated alkanes) is 6. The van der Waals surface area contributed by atoms with E-state index in [2.05, 4.69) is 211 Å². The highest BCUT2D eigenvalue weighted by molar-refractivity contribution is 7.26. The van der Waals surface area contributed by atoms with E-state index >= 15 is 0 Å². The fourth-order valence-corrected chi connectivity index (χ4v) is 17.3. The van der Waals surface area contributed by atoms with Crippen LogP contribution in [0.3, 0.4) is 0 Å². The molecule has 0 aliphatic heterocycles. The van der Waals surface area contributed by atoms with Crippen molar-refractivity contribution in [2.45, 2.75) is 176 Å². The highest BCUT2D eigenvalue weighted by Crippen LogP contribution is 2.63. The number of aliphatic carboxylic acids is 1. The Morgan fingerprint density at radius 1 is 0.490 bits per heavy atom. The summed E-state index contributed by atoms with van der Waals surface area (Å²) in [5.74, 6) is 3.22. The molecule has 7 aromatic carbocycles. The van der Waals surface area contributed by atoms with E-state index in [9.17, 15) is 9.90 Å². The van der Waals surface area contributed by atoms with E-state index in [4.69, 9.17) is 34.3 Å². The van der Waals surface area contributed by atoms with E-state index in [1.807, 2.05) is 34.8 Å². The minimum atomic E-state index is -1.22. The van der Waals surface area contributed by atoms with Crippen LogP contribution in [0.1, 0.15) is 188 Å². The zero-order chi connectivity index (χ0) is 70.0. The summed E-state index contributed by atoms with van der Waals surface area (Å²) in [6, 6.07) is 56.7. The first kappa shape index (κ1) is 72.7. The number of thiophene rings is 2. The first-order valence-corrected chi connectivity index (χ1v) is 39.2. The molecule has 0 amide bonds. The maximum Gasteiger partial charge on any atom is 0.333 e. The van der Waals surface area contributed by atoms with Crippen LogP contribution in [-0.2, 0) is 10.2 Å². The lowest BCUT2D eigenvalue weighted by molar-refractivity contribution is -0.132. The number of nitrogens with zero attached hydrogens (tertiary/aromatic N) is 4.